The maximum Gasteiger partial charge on any atom is 0.258 e. The molecule has 0 fully saturated rings. The van der Waals surface area contributed by atoms with Crippen LogP contribution >= 0.6 is 0 Å². The maximum atomic E-state index is 11.8. The molecule has 0 radical (unpaired) electrons. The second-order valence-corrected chi connectivity index (χ2v) is 4.55. The smallest absolute Gasteiger partial charge is 0.258 e. The molecule has 2 aliphatic carbocycles. The van der Waals surface area contributed by atoms with Crippen LogP contribution < -0.4 is 9.80 Å². The molecule has 2 aliphatic heterocycles. The molecule has 0 saturated heterocycles. The predicted octanol–water partition coefficient (Wildman–Crippen LogP) is 0.146. The number of carbonyl (C=O) groups excluding carboxylic acids is 4. The molecule has 0 N–H and O–H groups in total. The Labute approximate surface area is 111 Å². The van der Waals surface area contributed by atoms with E-state index in [-0.39, 0.29) is 0 Å². The van der Waals surface area contributed by atoms with Crippen molar-refractivity contribution in [2.45, 2.75) is 0 Å². The van der Waals surface area contributed by atoms with Crippen molar-refractivity contribution >= 4 is 35.0 Å². The fourth-order valence-corrected chi connectivity index (χ4v) is 2.55. The molecule has 0 aromatic carbocycles. The van der Waals surface area contributed by atoms with Crippen molar-refractivity contribution in [3.8, 4) is 0 Å². The van der Waals surface area contributed by atoms with Crippen molar-refractivity contribution in [3.63, 3.8) is 0 Å². The highest BCUT2D eigenvalue weighted by molar-refractivity contribution is 6.34. The van der Waals surface area contributed by atoms with Crippen molar-refractivity contribution in [1.82, 2.24) is 0 Å². The summed E-state index contributed by atoms with van der Waals surface area (Å²) in [5.41, 5.74) is 0.654. The number of hydrogen-bond acceptors (Lipinski definition) is 4. The van der Waals surface area contributed by atoms with Crippen LogP contribution in [-0.4, -0.2) is 23.6 Å². The number of imide groups is 2. The molecule has 6 heteroatoms. The third-order valence-electron chi connectivity index (χ3n) is 3.51. The second-order valence-electron chi connectivity index (χ2n) is 4.55. The molecule has 0 aromatic heterocycles. The monoisotopic (exact) mass is 266 g/mol. The summed E-state index contributed by atoms with van der Waals surface area (Å²) in [6.07, 6.45) is 4.67. The summed E-state index contributed by atoms with van der Waals surface area (Å²) in [5.74, 6) is -1.88. The molecule has 20 heavy (non-hydrogen) atoms. The molecule has 2 heterocycles. The highest BCUT2D eigenvalue weighted by atomic mass is 16.2. The van der Waals surface area contributed by atoms with Gasteiger partial charge < -0.3 is 0 Å². The van der Waals surface area contributed by atoms with Gasteiger partial charge in [0.15, 0.2) is 0 Å². The molecule has 4 aliphatic rings. The predicted molar refractivity (Wildman–Crippen MR) is 67.4 cm³/mol. The minimum Gasteiger partial charge on any atom is -0.269 e. The first-order valence-electron chi connectivity index (χ1n) is 5.89. The van der Waals surface area contributed by atoms with E-state index < -0.39 is 23.6 Å². The van der Waals surface area contributed by atoms with Gasteiger partial charge in [0, 0.05) is 34.7 Å². The SMILES string of the molecule is O=C1C=CC(=O)N1c1c(N2C(=O)C=CC2=O)c2ccc1=2. The highest BCUT2D eigenvalue weighted by Crippen LogP contribution is 2.42. The van der Waals surface area contributed by atoms with Gasteiger partial charge in [-0.1, -0.05) is 12.1 Å². The summed E-state index contributed by atoms with van der Waals surface area (Å²) < 4.78 is 0. The summed E-state index contributed by atoms with van der Waals surface area (Å²) in [4.78, 5) is 49.0. The number of nitrogens with zero attached hydrogens (tertiary/aromatic N) is 2. The van der Waals surface area contributed by atoms with Crippen LogP contribution in [0.4, 0.5) is 11.4 Å². The normalized spacial score (nSPS) is 18.8. The van der Waals surface area contributed by atoms with Gasteiger partial charge in [0.2, 0.25) is 0 Å². The van der Waals surface area contributed by atoms with E-state index in [1.54, 1.807) is 12.1 Å². The van der Waals surface area contributed by atoms with Crippen LogP contribution in [0, 0.1) is 10.4 Å². The summed E-state index contributed by atoms with van der Waals surface area (Å²) >= 11 is 0. The molecule has 0 spiro atoms. The fourth-order valence-electron chi connectivity index (χ4n) is 2.55. The lowest BCUT2D eigenvalue weighted by atomic mass is 9.98. The van der Waals surface area contributed by atoms with Gasteiger partial charge in [-0.3, -0.25) is 19.2 Å². The van der Waals surface area contributed by atoms with Crippen LogP contribution in [0.5, 0.6) is 0 Å². The molecule has 0 atom stereocenters. The van der Waals surface area contributed by atoms with Crippen LogP contribution in [0.1, 0.15) is 0 Å². The lowest BCUT2D eigenvalue weighted by Crippen LogP contribution is -2.38. The van der Waals surface area contributed by atoms with Gasteiger partial charge in [-0.25, -0.2) is 9.80 Å². The van der Waals surface area contributed by atoms with Gasteiger partial charge >= 0.3 is 0 Å². The number of rotatable bonds is 2. The van der Waals surface area contributed by atoms with Crippen LogP contribution in [0.3, 0.4) is 0 Å². The quantitative estimate of drug-likeness (QED) is 0.725. The Morgan fingerprint density at radius 2 is 0.850 bits per heavy atom. The Morgan fingerprint density at radius 3 is 1.10 bits per heavy atom. The highest BCUT2D eigenvalue weighted by Gasteiger charge is 2.38. The van der Waals surface area contributed by atoms with Gasteiger partial charge in [0.25, 0.3) is 23.6 Å². The average molecular weight is 266 g/mol. The van der Waals surface area contributed by atoms with Crippen LogP contribution in [0.15, 0.2) is 36.4 Å². The van der Waals surface area contributed by atoms with E-state index in [0.29, 0.717) is 11.4 Å². The maximum absolute atomic E-state index is 11.8. The van der Waals surface area contributed by atoms with E-state index in [2.05, 4.69) is 0 Å². The molecule has 6 nitrogen and oxygen atoms in total. The van der Waals surface area contributed by atoms with Crippen LogP contribution in [0.2, 0.25) is 0 Å². The Kier molecular flexibility index (Phi) is 1.79. The zero-order chi connectivity index (χ0) is 14.0. The lowest BCUT2D eigenvalue weighted by molar-refractivity contribution is -0.122. The minimum absolute atomic E-state index is 0.327. The topological polar surface area (TPSA) is 74.8 Å². The van der Waals surface area contributed by atoms with Gasteiger partial charge in [-0.05, 0) is 0 Å². The van der Waals surface area contributed by atoms with Gasteiger partial charge in [0.1, 0.15) is 0 Å². The average Bonchev–Trinajstić information content (AvgIpc) is 2.87. The molecular weight excluding hydrogens is 260 g/mol. The minimum atomic E-state index is -0.471. The first kappa shape index (κ1) is 10.9. The van der Waals surface area contributed by atoms with E-state index >= 15 is 0 Å². The number of amides is 4. The Morgan fingerprint density at radius 1 is 0.550 bits per heavy atom. The zero-order valence-corrected chi connectivity index (χ0v) is 9.99. The van der Waals surface area contributed by atoms with E-state index in [1.165, 1.54) is 24.3 Å². The summed E-state index contributed by atoms with van der Waals surface area (Å²) in [6, 6.07) is 3.48. The zero-order valence-electron chi connectivity index (χ0n) is 9.99. The first-order valence-corrected chi connectivity index (χ1v) is 5.89. The van der Waals surface area contributed by atoms with E-state index in [9.17, 15) is 19.2 Å². The molecule has 0 unspecified atom stereocenters. The van der Waals surface area contributed by atoms with E-state index in [1.807, 2.05) is 0 Å². The van der Waals surface area contributed by atoms with Crippen molar-refractivity contribution in [3.05, 3.63) is 46.9 Å². The van der Waals surface area contributed by atoms with Gasteiger partial charge in [-0.2, -0.15) is 0 Å². The Bertz CT molecular complexity index is 785. The molecular formula is C14H6N2O4. The first-order chi connectivity index (χ1) is 9.59. The summed E-state index contributed by atoms with van der Waals surface area (Å²) in [7, 11) is 0. The van der Waals surface area contributed by atoms with Crippen molar-refractivity contribution in [2.75, 3.05) is 9.80 Å². The third kappa shape index (κ3) is 1.08. The Balaban J connectivity index is 1.88. The number of anilines is 2. The van der Waals surface area contributed by atoms with E-state index in [0.717, 1.165) is 20.2 Å². The molecule has 4 amide bonds. The van der Waals surface area contributed by atoms with Crippen LogP contribution in [-0.2, 0) is 19.2 Å². The standard InChI is InChI=1S/C14H6N2O4/c17-9-3-4-10(18)15(9)13-7-1-2-8(7)14(13)16-11(19)5-6-12(16)20/h1-6H. The summed E-state index contributed by atoms with van der Waals surface area (Å²) in [6.45, 7) is 0. The lowest BCUT2D eigenvalue weighted by Gasteiger charge is -2.29. The number of benzene rings is 1. The third-order valence-corrected chi connectivity index (χ3v) is 3.51. The van der Waals surface area contributed by atoms with Crippen LogP contribution in [0.25, 0.3) is 0 Å². The number of hydrogen-bond donors (Lipinski definition) is 0. The van der Waals surface area contributed by atoms with Gasteiger partial charge in [0.05, 0.1) is 11.4 Å². The Hall–Kier alpha value is -3.02. The molecule has 96 valence electrons. The van der Waals surface area contributed by atoms with E-state index in [4.69, 9.17) is 0 Å². The number of carbonyl (C=O) groups is 4. The van der Waals surface area contributed by atoms with Crippen molar-refractivity contribution in [1.29, 1.82) is 0 Å². The van der Waals surface area contributed by atoms with Gasteiger partial charge in [-0.15, -0.1) is 0 Å². The largest absolute Gasteiger partial charge is 0.269 e. The van der Waals surface area contributed by atoms with Crippen molar-refractivity contribution in [2.24, 2.45) is 0 Å². The molecule has 0 bridgehead atoms. The molecule has 0 saturated carbocycles. The van der Waals surface area contributed by atoms with Crippen molar-refractivity contribution < 1.29 is 19.2 Å². The summed E-state index contributed by atoms with van der Waals surface area (Å²) in [5, 5.41) is 1.44. The second kappa shape index (κ2) is 3.30. The fraction of sp³-hybridized carbons (Fsp3) is 0. The molecule has 0 aromatic rings. The molecule has 4 rings (SSSR count).